The van der Waals surface area contributed by atoms with E-state index < -0.39 is 6.10 Å². The number of hydrogen-bond acceptors (Lipinski definition) is 2. The van der Waals surface area contributed by atoms with Crippen LogP contribution in [0.5, 0.6) is 0 Å². The molecule has 0 saturated heterocycles. The topological polar surface area (TPSA) is 49.3 Å². The van der Waals surface area contributed by atoms with Crippen molar-refractivity contribution in [1.29, 1.82) is 0 Å². The number of amides is 1. The van der Waals surface area contributed by atoms with E-state index >= 15 is 0 Å². The van der Waals surface area contributed by atoms with Gasteiger partial charge in [-0.05, 0) is 43.7 Å². The first-order valence-corrected chi connectivity index (χ1v) is 7.17. The van der Waals surface area contributed by atoms with Crippen molar-refractivity contribution in [3.05, 3.63) is 34.4 Å². The van der Waals surface area contributed by atoms with E-state index in [0.717, 1.165) is 16.7 Å². The number of rotatable bonds is 4. The Balaban J connectivity index is 2.65. The van der Waals surface area contributed by atoms with Crippen molar-refractivity contribution in [2.45, 2.75) is 54.1 Å². The smallest absolute Gasteiger partial charge is 0.251 e. The van der Waals surface area contributed by atoms with Gasteiger partial charge in [0, 0.05) is 12.1 Å². The number of carbonyl (C=O) groups is 1. The molecule has 0 aliphatic rings. The lowest BCUT2D eigenvalue weighted by Crippen LogP contribution is -2.33. The van der Waals surface area contributed by atoms with Gasteiger partial charge in [-0.3, -0.25) is 4.79 Å². The SMILES string of the molecule is Cc1cc(C)c(C(=O)NCCC(O)C(C)(C)C)c(C)c1. The van der Waals surface area contributed by atoms with Crippen molar-refractivity contribution in [2.75, 3.05) is 6.54 Å². The van der Waals surface area contributed by atoms with Gasteiger partial charge in [0.15, 0.2) is 0 Å². The van der Waals surface area contributed by atoms with Crippen molar-refractivity contribution in [3.63, 3.8) is 0 Å². The van der Waals surface area contributed by atoms with E-state index in [2.05, 4.69) is 5.32 Å². The lowest BCUT2D eigenvalue weighted by molar-refractivity contribution is 0.0551. The van der Waals surface area contributed by atoms with Crippen LogP contribution < -0.4 is 5.32 Å². The first kappa shape index (κ1) is 16.7. The third-order valence-electron chi connectivity index (χ3n) is 3.61. The molecule has 0 saturated carbocycles. The largest absolute Gasteiger partial charge is 0.393 e. The number of hydrogen-bond donors (Lipinski definition) is 2. The van der Waals surface area contributed by atoms with Crippen LogP contribution in [-0.4, -0.2) is 23.7 Å². The number of nitrogens with one attached hydrogen (secondary N) is 1. The number of aliphatic hydroxyl groups excluding tert-OH is 1. The molecule has 0 radical (unpaired) electrons. The molecule has 1 rings (SSSR count). The summed E-state index contributed by atoms with van der Waals surface area (Å²) in [6, 6.07) is 4.04. The summed E-state index contributed by atoms with van der Waals surface area (Å²) in [7, 11) is 0. The molecule has 0 aromatic heterocycles. The second-order valence-corrected chi connectivity index (χ2v) is 6.70. The quantitative estimate of drug-likeness (QED) is 0.888. The van der Waals surface area contributed by atoms with Crippen LogP contribution in [-0.2, 0) is 0 Å². The van der Waals surface area contributed by atoms with E-state index in [1.165, 1.54) is 5.56 Å². The Kier molecular flexibility index (Phi) is 5.35. The highest BCUT2D eigenvalue weighted by atomic mass is 16.3. The van der Waals surface area contributed by atoms with Gasteiger partial charge in [-0.25, -0.2) is 0 Å². The summed E-state index contributed by atoms with van der Waals surface area (Å²) in [6.07, 6.45) is 0.155. The third kappa shape index (κ3) is 4.34. The zero-order valence-electron chi connectivity index (χ0n) is 13.5. The Hall–Kier alpha value is -1.35. The van der Waals surface area contributed by atoms with Gasteiger partial charge in [0.25, 0.3) is 5.91 Å². The molecule has 0 heterocycles. The lowest BCUT2D eigenvalue weighted by atomic mass is 9.87. The van der Waals surface area contributed by atoms with Gasteiger partial charge < -0.3 is 10.4 Å². The first-order valence-electron chi connectivity index (χ1n) is 7.17. The van der Waals surface area contributed by atoms with Crippen LogP contribution in [0.2, 0.25) is 0 Å². The van der Waals surface area contributed by atoms with Gasteiger partial charge in [0.2, 0.25) is 0 Å². The molecule has 20 heavy (non-hydrogen) atoms. The minimum atomic E-state index is -0.414. The Morgan fingerprint density at radius 1 is 1.20 bits per heavy atom. The van der Waals surface area contributed by atoms with Crippen LogP contribution in [0.4, 0.5) is 0 Å². The molecule has 1 amide bonds. The molecule has 0 spiro atoms. The van der Waals surface area contributed by atoms with Crippen LogP contribution in [0, 0.1) is 26.2 Å². The van der Waals surface area contributed by atoms with E-state index in [0.29, 0.717) is 13.0 Å². The van der Waals surface area contributed by atoms with Gasteiger partial charge in [0.1, 0.15) is 0 Å². The number of benzene rings is 1. The van der Waals surface area contributed by atoms with Gasteiger partial charge >= 0.3 is 0 Å². The zero-order chi connectivity index (χ0) is 15.5. The third-order valence-corrected chi connectivity index (χ3v) is 3.61. The fraction of sp³-hybridized carbons (Fsp3) is 0.588. The second kappa shape index (κ2) is 6.40. The molecule has 1 unspecified atom stereocenters. The maximum atomic E-state index is 12.2. The summed E-state index contributed by atoms with van der Waals surface area (Å²) >= 11 is 0. The molecule has 2 N–H and O–H groups in total. The molecule has 0 aliphatic carbocycles. The standard InChI is InChI=1S/C17H27NO2/c1-11-9-12(2)15(13(3)10-11)16(20)18-8-7-14(19)17(4,5)6/h9-10,14,19H,7-8H2,1-6H3,(H,18,20). The average molecular weight is 277 g/mol. The maximum Gasteiger partial charge on any atom is 0.251 e. The van der Waals surface area contributed by atoms with Crippen molar-refractivity contribution >= 4 is 5.91 Å². The molecular weight excluding hydrogens is 250 g/mol. The fourth-order valence-corrected chi connectivity index (χ4v) is 2.38. The minimum Gasteiger partial charge on any atom is -0.393 e. The van der Waals surface area contributed by atoms with E-state index in [1.54, 1.807) is 0 Å². The average Bonchev–Trinajstić information content (AvgIpc) is 2.25. The molecule has 112 valence electrons. The summed E-state index contributed by atoms with van der Waals surface area (Å²) in [6.45, 7) is 12.4. The summed E-state index contributed by atoms with van der Waals surface area (Å²) < 4.78 is 0. The molecule has 0 aliphatic heterocycles. The molecule has 1 aromatic carbocycles. The Labute approximate surface area is 122 Å². The second-order valence-electron chi connectivity index (χ2n) is 6.70. The predicted octanol–water partition coefficient (Wildman–Crippen LogP) is 3.14. The zero-order valence-corrected chi connectivity index (χ0v) is 13.5. The van der Waals surface area contributed by atoms with Crippen molar-refractivity contribution < 1.29 is 9.90 Å². The van der Waals surface area contributed by atoms with E-state index in [4.69, 9.17) is 0 Å². The maximum absolute atomic E-state index is 12.2. The Morgan fingerprint density at radius 3 is 2.15 bits per heavy atom. The molecule has 1 aromatic rings. The first-order chi connectivity index (χ1) is 9.12. The van der Waals surface area contributed by atoms with E-state index in [1.807, 2.05) is 53.7 Å². The summed E-state index contributed by atoms with van der Waals surface area (Å²) in [5.41, 5.74) is 3.76. The van der Waals surface area contributed by atoms with E-state index in [9.17, 15) is 9.90 Å². The van der Waals surface area contributed by atoms with E-state index in [-0.39, 0.29) is 11.3 Å². The van der Waals surface area contributed by atoms with Gasteiger partial charge in [0.05, 0.1) is 6.10 Å². The van der Waals surface area contributed by atoms with Crippen molar-refractivity contribution in [1.82, 2.24) is 5.32 Å². The minimum absolute atomic E-state index is 0.0545. The van der Waals surface area contributed by atoms with Crippen LogP contribution >= 0.6 is 0 Å². The number of carbonyl (C=O) groups excluding carboxylic acids is 1. The molecule has 3 heteroatoms. The Bertz CT molecular complexity index is 463. The summed E-state index contributed by atoms with van der Waals surface area (Å²) in [5, 5.41) is 12.9. The number of aryl methyl sites for hydroxylation is 3. The van der Waals surface area contributed by atoms with Crippen molar-refractivity contribution in [3.8, 4) is 0 Å². The predicted molar refractivity (Wildman–Crippen MR) is 83.1 cm³/mol. The molecule has 3 nitrogen and oxygen atoms in total. The monoisotopic (exact) mass is 277 g/mol. The summed E-state index contributed by atoms with van der Waals surface area (Å²) in [4.78, 5) is 12.2. The van der Waals surface area contributed by atoms with Gasteiger partial charge in [-0.15, -0.1) is 0 Å². The molecular formula is C17H27NO2. The highest BCUT2D eigenvalue weighted by Gasteiger charge is 2.22. The lowest BCUT2D eigenvalue weighted by Gasteiger charge is -2.25. The van der Waals surface area contributed by atoms with Gasteiger partial charge in [-0.2, -0.15) is 0 Å². The van der Waals surface area contributed by atoms with Crippen LogP contribution in [0.25, 0.3) is 0 Å². The fourth-order valence-electron chi connectivity index (χ4n) is 2.38. The Morgan fingerprint density at radius 2 is 1.70 bits per heavy atom. The van der Waals surface area contributed by atoms with Crippen LogP contribution in [0.3, 0.4) is 0 Å². The number of aliphatic hydroxyl groups is 1. The molecule has 1 atom stereocenters. The van der Waals surface area contributed by atoms with Gasteiger partial charge in [-0.1, -0.05) is 38.5 Å². The highest BCUT2D eigenvalue weighted by Crippen LogP contribution is 2.21. The summed E-state index contributed by atoms with van der Waals surface area (Å²) in [5.74, 6) is -0.0545. The van der Waals surface area contributed by atoms with Crippen molar-refractivity contribution in [2.24, 2.45) is 5.41 Å². The molecule has 0 fully saturated rings. The van der Waals surface area contributed by atoms with Crippen LogP contribution in [0.1, 0.15) is 54.2 Å². The van der Waals surface area contributed by atoms with Crippen LogP contribution in [0.15, 0.2) is 12.1 Å². The normalized spacial score (nSPS) is 13.2. The highest BCUT2D eigenvalue weighted by molar-refractivity contribution is 5.97. The molecule has 0 bridgehead atoms.